The molecular weight excluding hydrogens is 343 g/mol. The van der Waals surface area contributed by atoms with Gasteiger partial charge in [-0.15, -0.1) is 0 Å². The van der Waals surface area contributed by atoms with Crippen LogP contribution in [0, 0.1) is 3.57 Å². The van der Waals surface area contributed by atoms with Gasteiger partial charge in [-0.2, -0.15) is 0 Å². The van der Waals surface area contributed by atoms with Crippen molar-refractivity contribution in [1.82, 2.24) is 0 Å². The van der Waals surface area contributed by atoms with Crippen LogP contribution in [0.2, 0.25) is 0 Å². The number of hydrogen-bond acceptors (Lipinski definition) is 1. The zero-order valence-corrected chi connectivity index (χ0v) is 10.3. The first-order valence-electron chi connectivity index (χ1n) is 3.76. The van der Waals surface area contributed by atoms with Gasteiger partial charge in [0.2, 0.25) is 0 Å². The fraction of sp³-hybridized carbons (Fsp3) is 0. The van der Waals surface area contributed by atoms with Gasteiger partial charge in [-0.1, -0.05) is 24.3 Å². The summed E-state index contributed by atoms with van der Waals surface area (Å²) in [4.78, 5) is 0. The Morgan fingerprint density at radius 1 is 1.23 bits per heavy atom. The lowest BCUT2D eigenvalue weighted by Crippen LogP contribution is -1.79. The third-order valence-electron chi connectivity index (χ3n) is 1.91. The number of hydrogen-bond donors (Lipinski definition) is 1. The first kappa shape index (κ1) is 9.27. The van der Waals surface area contributed by atoms with Gasteiger partial charge < -0.3 is 5.11 Å². The van der Waals surface area contributed by atoms with E-state index in [1.807, 2.05) is 30.3 Å². The summed E-state index contributed by atoms with van der Waals surface area (Å²) in [6.07, 6.45) is 0. The molecule has 2 aromatic rings. The molecule has 13 heavy (non-hydrogen) atoms. The average molecular weight is 349 g/mol. The van der Waals surface area contributed by atoms with Gasteiger partial charge in [0.15, 0.2) is 0 Å². The van der Waals surface area contributed by atoms with Crippen molar-refractivity contribution in [3.63, 3.8) is 0 Å². The maximum atomic E-state index is 9.65. The lowest BCUT2D eigenvalue weighted by Gasteiger charge is -2.04. The highest BCUT2D eigenvalue weighted by atomic mass is 127. The molecule has 0 aliphatic carbocycles. The smallest absolute Gasteiger partial charge is 0.143 e. The lowest BCUT2D eigenvalue weighted by atomic mass is 10.1. The lowest BCUT2D eigenvalue weighted by molar-refractivity contribution is 0.469. The van der Waals surface area contributed by atoms with Crippen LogP contribution in [0.15, 0.2) is 34.8 Å². The Kier molecular flexibility index (Phi) is 2.47. The number of halogens is 2. The third-order valence-corrected chi connectivity index (χ3v) is 3.54. The molecule has 0 aliphatic rings. The number of phenolic OH excluding ortho intramolecular Hbond substituents is 1. The van der Waals surface area contributed by atoms with Crippen LogP contribution in [-0.4, -0.2) is 5.11 Å². The second kappa shape index (κ2) is 3.46. The zero-order chi connectivity index (χ0) is 9.42. The standard InChI is InChI=1S/C10H6BrIO/c11-9-7-4-2-1-3-6(7)5-8(12)10(9)13/h1-5,13H. The molecule has 0 atom stereocenters. The molecule has 0 fully saturated rings. The molecule has 0 spiro atoms. The molecule has 2 rings (SSSR count). The summed E-state index contributed by atoms with van der Waals surface area (Å²) in [6, 6.07) is 9.92. The van der Waals surface area contributed by atoms with E-state index in [1.54, 1.807) is 0 Å². The minimum Gasteiger partial charge on any atom is -0.506 e. The highest BCUT2D eigenvalue weighted by molar-refractivity contribution is 14.1. The fourth-order valence-corrected chi connectivity index (χ4v) is 2.81. The normalized spacial score (nSPS) is 10.6. The first-order chi connectivity index (χ1) is 6.20. The topological polar surface area (TPSA) is 20.2 Å². The Bertz CT molecular complexity index is 468. The molecular formula is C10H6BrIO. The summed E-state index contributed by atoms with van der Waals surface area (Å²) in [6.45, 7) is 0. The van der Waals surface area contributed by atoms with Gasteiger partial charge in [0.1, 0.15) is 5.75 Å². The minimum atomic E-state index is 0.319. The van der Waals surface area contributed by atoms with E-state index in [9.17, 15) is 5.11 Å². The number of benzene rings is 2. The Labute approximate surface area is 98.0 Å². The highest BCUT2D eigenvalue weighted by Crippen LogP contribution is 2.36. The van der Waals surface area contributed by atoms with Gasteiger partial charge in [0.05, 0.1) is 8.04 Å². The van der Waals surface area contributed by atoms with Gasteiger partial charge in [-0.3, -0.25) is 0 Å². The Balaban J connectivity index is 2.94. The van der Waals surface area contributed by atoms with E-state index in [0.717, 1.165) is 18.8 Å². The zero-order valence-electron chi connectivity index (χ0n) is 6.59. The molecule has 66 valence electrons. The molecule has 3 heteroatoms. The van der Waals surface area contributed by atoms with E-state index in [1.165, 1.54) is 0 Å². The van der Waals surface area contributed by atoms with Crippen molar-refractivity contribution in [2.75, 3.05) is 0 Å². The van der Waals surface area contributed by atoms with Crippen molar-refractivity contribution in [3.05, 3.63) is 38.4 Å². The molecule has 2 aromatic carbocycles. The summed E-state index contributed by atoms with van der Waals surface area (Å²) >= 11 is 5.49. The number of rotatable bonds is 0. The second-order valence-electron chi connectivity index (χ2n) is 2.74. The van der Waals surface area contributed by atoms with Gasteiger partial charge in [-0.05, 0) is 55.4 Å². The number of aromatic hydroxyl groups is 1. The monoisotopic (exact) mass is 348 g/mol. The maximum absolute atomic E-state index is 9.65. The van der Waals surface area contributed by atoms with E-state index in [4.69, 9.17) is 0 Å². The predicted octanol–water partition coefficient (Wildman–Crippen LogP) is 3.91. The van der Waals surface area contributed by atoms with Crippen molar-refractivity contribution in [3.8, 4) is 5.75 Å². The molecule has 0 saturated heterocycles. The number of fused-ring (bicyclic) bond motifs is 1. The van der Waals surface area contributed by atoms with Gasteiger partial charge >= 0.3 is 0 Å². The second-order valence-corrected chi connectivity index (χ2v) is 4.70. The van der Waals surface area contributed by atoms with Crippen molar-refractivity contribution in [2.24, 2.45) is 0 Å². The Hall–Kier alpha value is -0.290. The predicted molar refractivity (Wildman–Crippen MR) is 66.0 cm³/mol. The minimum absolute atomic E-state index is 0.319. The van der Waals surface area contributed by atoms with E-state index >= 15 is 0 Å². The van der Waals surface area contributed by atoms with Crippen LogP contribution in [0.4, 0.5) is 0 Å². The molecule has 0 aromatic heterocycles. The quantitative estimate of drug-likeness (QED) is 0.715. The summed E-state index contributed by atoms with van der Waals surface area (Å²) in [7, 11) is 0. The number of phenols is 1. The van der Waals surface area contributed by atoms with Gasteiger partial charge in [0, 0.05) is 0 Å². The molecule has 0 unspecified atom stereocenters. The molecule has 0 amide bonds. The Morgan fingerprint density at radius 3 is 2.69 bits per heavy atom. The summed E-state index contributed by atoms with van der Waals surface area (Å²) in [5.74, 6) is 0.319. The van der Waals surface area contributed by atoms with Crippen molar-refractivity contribution < 1.29 is 5.11 Å². The summed E-state index contributed by atoms with van der Waals surface area (Å²) in [5.41, 5.74) is 0. The van der Waals surface area contributed by atoms with E-state index < -0.39 is 0 Å². The van der Waals surface area contributed by atoms with Crippen molar-refractivity contribution >= 4 is 49.3 Å². The molecule has 0 aliphatic heterocycles. The van der Waals surface area contributed by atoms with Crippen molar-refractivity contribution in [2.45, 2.75) is 0 Å². The molecule has 1 N–H and O–H groups in total. The molecule has 0 saturated carbocycles. The van der Waals surface area contributed by atoms with E-state index in [-0.39, 0.29) is 0 Å². The van der Waals surface area contributed by atoms with Gasteiger partial charge in [-0.25, -0.2) is 0 Å². The third kappa shape index (κ3) is 1.55. The Morgan fingerprint density at radius 2 is 1.92 bits per heavy atom. The van der Waals surface area contributed by atoms with E-state index in [2.05, 4.69) is 38.5 Å². The molecule has 0 heterocycles. The van der Waals surface area contributed by atoms with Crippen LogP contribution in [0.25, 0.3) is 10.8 Å². The van der Waals surface area contributed by atoms with Gasteiger partial charge in [0.25, 0.3) is 0 Å². The van der Waals surface area contributed by atoms with Crippen LogP contribution >= 0.6 is 38.5 Å². The van der Waals surface area contributed by atoms with Crippen LogP contribution in [-0.2, 0) is 0 Å². The molecule has 0 bridgehead atoms. The SMILES string of the molecule is Oc1c(I)cc2ccccc2c1Br. The summed E-state index contributed by atoms with van der Waals surface area (Å²) in [5, 5.41) is 11.8. The maximum Gasteiger partial charge on any atom is 0.143 e. The highest BCUT2D eigenvalue weighted by Gasteiger charge is 2.07. The first-order valence-corrected chi connectivity index (χ1v) is 5.63. The largest absolute Gasteiger partial charge is 0.506 e. The van der Waals surface area contributed by atoms with Crippen LogP contribution < -0.4 is 0 Å². The molecule has 0 radical (unpaired) electrons. The molecule has 1 nitrogen and oxygen atoms in total. The summed E-state index contributed by atoms with van der Waals surface area (Å²) < 4.78 is 1.64. The average Bonchev–Trinajstić information content (AvgIpc) is 2.15. The van der Waals surface area contributed by atoms with E-state index in [0.29, 0.717) is 5.75 Å². The van der Waals surface area contributed by atoms with Crippen LogP contribution in [0.3, 0.4) is 0 Å². The van der Waals surface area contributed by atoms with Crippen molar-refractivity contribution in [1.29, 1.82) is 0 Å². The van der Waals surface area contributed by atoms with Crippen LogP contribution in [0.5, 0.6) is 5.75 Å². The fourth-order valence-electron chi connectivity index (χ4n) is 1.26. The van der Waals surface area contributed by atoms with Crippen LogP contribution in [0.1, 0.15) is 0 Å².